The summed E-state index contributed by atoms with van der Waals surface area (Å²) in [6, 6.07) is 19.5. The third-order valence-electron chi connectivity index (χ3n) is 5.16. The number of H-pyrrole nitrogens is 1. The lowest BCUT2D eigenvalue weighted by molar-refractivity contribution is 0.914. The molecule has 0 radical (unpaired) electrons. The highest BCUT2D eigenvalue weighted by Gasteiger charge is 2.19. The number of fused-ring (bicyclic) bond motifs is 4. The van der Waals surface area contributed by atoms with Crippen LogP contribution in [0.1, 0.15) is 29.1 Å². The minimum absolute atomic E-state index is 0.112. The van der Waals surface area contributed by atoms with Gasteiger partial charge in [0.05, 0.1) is 37.8 Å². The molecular formula is C23H17N5OS. The van der Waals surface area contributed by atoms with Crippen LogP contribution in [0.2, 0.25) is 0 Å². The van der Waals surface area contributed by atoms with Gasteiger partial charge in [-0.25, -0.2) is 9.97 Å². The molecule has 5 aromatic rings. The number of nitriles is 1. The highest BCUT2D eigenvalue weighted by molar-refractivity contribution is 7.99. The fourth-order valence-corrected chi connectivity index (χ4v) is 4.79. The molecule has 0 aliphatic carbocycles. The Balaban J connectivity index is 1.67. The maximum atomic E-state index is 12.5. The number of benzene rings is 2. The number of aryl methyl sites for hydroxylation is 1. The Bertz CT molecular complexity index is 1540. The summed E-state index contributed by atoms with van der Waals surface area (Å²) in [5.74, 6) is 0.614. The normalized spacial score (nSPS) is 12.4. The zero-order valence-electron chi connectivity index (χ0n) is 16.4. The Kier molecular flexibility index (Phi) is 4.30. The predicted octanol–water partition coefficient (Wildman–Crippen LogP) is 4.76. The summed E-state index contributed by atoms with van der Waals surface area (Å²) in [5.41, 5.74) is 4.41. The van der Waals surface area contributed by atoms with Gasteiger partial charge in [0.2, 0.25) is 0 Å². The molecular weight excluding hydrogens is 394 g/mol. The molecule has 0 saturated carbocycles. The van der Waals surface area contributed by atoms with Crippen molar-refractivity contribution in [1.82, 2.24) is 19.4 Å². The van der Waals surface area contributed by atoms with Crippen LogP contribution in [0, 0.1) is 18.3 Å². The van der Waals surface area contributed by atoms with Crippen molar-refractivity contribution in [3.63, 3.8) is 0 Å². The van der Waals surface area contributed by atoms with Gasteiger partial charge in [0, 0.05) is 0 Å². The van der Waals surface area contributed by atoms with Crippen molar-refractivity contribution < 1.29 is 0 Å². The molecule has 0 unspecified atom stereocenters. The summed E-state index contributed by atoms with van der Waals surface area (Å²) in [7, 11) is 0. The highest BCUT2D eigenvalue weighted by atomic mass is 32.2. The van der Waals surface area contributed by atoms with Gasteiger partial charge in [-0.15, -0.1) is 0 Å². The lowest BCUT2D eigenvalue weighted by Crippen LogP contribution is -2.13. The first-order chi connectivity index (χ1) is 14.6. The molecule has 0 amide bonds. The number of rotatable bonds is 3. The number of para-hydroxylation sites is 3. The van der Waals surface area contributed by atoms with Crippen molar-refractivity contribution >= 4 is 39.3 Å². The molecule has 0 aliphatic heterocycles. The third kappa shape index (κ3) is 2.85. The van der Waals surface area contributed by atoms with Crippen molar-refractivity contribution in [3.05, 3.63) is 81.9 Å². The van der Waals surface area contributed by atoms with Crippen LogP contribution in [0.5, 0.6) is 0 Å². The number of imidazole rings is 1. The van der Waals surface area contributed by atoms with Crippen LogP contribution >= 0.6 is 11.8 Å². The van der Waals surface area contributed by atoms with Crippen LogP contribution in [-0.2, 0) is 0 Å². The Morgan fingerprint density at radius 3 is 2.63 bits per heavy atom. The maximum Gasteiger partial charge on any atom is 0.258 e. The Morgan fingerprint density at radius 1 is 1.10 bits per heavy atom. The minimum atomic E-state index is -0.141. The average molecular weight is 411 g/mol. The lowest BCUT2D eigenvalue weighted by Gasteiger charge is -2.14. The van der Waals surface area contributed by atoms with E-state index in [1.54, 1.807) is 17.8 Å². The largest absolute Gasteiger partial charge is 0.309 e. The van der Waals surface area contributed by atoms with Gasteiger partial charge >= 0.3 is 0 Å². The van der Waals surface area contributed by atoms with Crippen molar-refractivity contribution in [2.75, 3.05) is 0 Å². The first-order valence-electron chi connectivity index (χ1n) is 9.53. The second-order valence-electron chi connectivity index (χ2n) is 7.14. The van der Waals surface area contributed by atoms with E-state index >= 15 is 0 Å². The molecule has 1 atom stereocenters. The Morgan fingerprint density at radius 2 is 1.83 bits per heavy atom. The molecule has 0 saturated heterocycles. The van der Waals surface area contributed by atoms with Gasteiger partial charge < -0.3 is 4.98 Å². The number of hydrogen-bond acceptors (Lipinski definition) is 5. The second-order valence-corrected chi connectivity index (χ2v) is 8.50. The van der Waals surface area contributed by atoms with Gasteiger partial charge in [-0.05, 0) is 49.7 Å². The summed E-state index contributed by atoms with van der Waals surface area (Å²) >= 11 is 1.58. The number of nitrogens with one attached hydrogen (secondary N) is 1. The molecule has 3 heterocycles. The number of aromatic amines is 1. The average Bonchev–Trinajstić information content (AvgIpc) is 3.13. The van der Waals surface area contributed by atoms with E-state index in [1.807, 2.05) is 66.8 Å². The zero-order chi connectivity index (χ0) is 20.8. The van der Waals surface area contributed by atoms with E-state index in [4.69, 9.17) is 4.98 Å². The van der Waals surface area contributed by atoms with Crippen molar-refractivity contribution in [1.29, 1.82) is 5.26 Å². The molecule has 0 aliphatic rings. The van der Waals surface area contributed by atoms with Crippen LogP contribution in [0.4, 0.5) is 0 Å². The smallest absolute Gasteiger partial charge is 0.258 e. The van der Waals surface area contributed by atoms with Crippen LogP contribution in [0.15, 0.2) is 64.4 Å². The van der Waals surface area contributed by atoms with E-state index in [0.29, 0.717) is 27.9 Å². The van der Waals surface area contributed by atoms with Crippen LogP contribution in [-0.4, -0.2) is 19.4 Å². The first kappa shape index (κ1) is 18.4. The van der Waals surface area contributed by atoms with Crippen LogP contribution < -0.4 is 5.56 Å². The van der Waals surface area contributed by atoms with E-state index in [1.165, 1.54) is 0 Å². The van der Waals surface area contributed by atoms with Crippen molar-refractivity contribution in [2.24, 2.45) is 0 Å². The third-order valence-corrected chi connectivity index (χ3v) is 6.28. The van der Waals surface area contributed by atoms with Crippen LogP contribution in [0.3, 0.4) is 0 Å². The predicted molar refractivity (Wildman–Crippen MR) is 119 cm³/mol. The molecule has 146 valence electrons. The minimum Gasteiger partial charge on any atom is -0.309 e. The van der Waals surface area contributed by atoms with Gasteiger partial charge in [0.15, 0.2) is 5.65 Å². The fourth-order valence-electron chi connectivity index (χ4n) is 3.67. The molecule has 30 heavy (non-hydrogen) atoms. The summed E-state index contributed by atoms with van der Waals surface area (Å²) in [5, 5.41) is 11.1. The van der Waals surface area contributed by atoms with Crippen LogP contribution in [0.25, 0.3) is 27.6 Å². The summed E-state index contributed by atoms with van der Waals surface area (Å²) in [4.78, 5) is 24.8. The number of aromatic nitrogens is 4. The summed E-state index contributed by atoms with van der Waals surface area (Å²) in [6.45, 7) is 3.93. The second kappa shape index (κ2) is 7.01. The fraction of sp³-hybridized carbons (Fsp3) is 0.130. The molecule has 3 aromatic heterocycles. The molecule has 7 heteroatoms. The molecule has 0 bridgehead atoms. The number of thioether (sulfide) groups is 1. The molecule has 1 N–H and O–H groups in total. The Hall–Kier alpha value is -3.63. The quantitative estimate of drug-likeness (QED) is 0.433. The molecule has 5 rings (SSSR count). The molecule has 0 spiro atoms. The maximum absolute atomic E-state index is 12.5. The standard InChI is InChI=1S/C23H17N5OS/c1-13-11-20(28-19-10-6-5-9-18(19)26-22(28)16(13)12-24)30-14(2)21-25-17-8-4-3-7-15(17)23(29)27-21/h3-11,14H,1-2H3,(H,25,27,29)/t14-/m0/s1. The van der Waals surface area contributed by atoms with E-state index in [0.717, 1.165) is 21.6 Å². The lowest BCUT2D eigenvalue weighted by atomic mass is 10.2. The number of pyridine rings is 1. The molecule has 6 nitrogen and oxygen atoms in total. The molecule has 0 fully saturated rings. The first-order valence-corrected chi connectivity index (χ1v) is 10.4. The Labute approximate surface area is 176 Å². The van der Waals surface area contributed by atoms with Gasteiger partial charge in [-0.3, -0.25) is 9.20 Å². The van der Waals surface area contributed by atoms with Gasteiger partial charge in [0.25, 0.3) is 5.56 Å². The topological polar surface area (TPSA) is 86.8 Å². The van der Waals surface area contributed by atoms with Gasteiger partial charge in [-0.1, -0.05) is 36.0 Å². The van der Waals surface area contributed by atoms with Gasteiger partial charge in [-0.2, -0.15) is 5.26 Å². The zero-order valence-corrected chi connectivity index (χ0v) is 17.2. The van der Waals surface area contributed by atoms with Gasteiger partial charge in [0.1, 0.15) is 11.9 Å². The van der Waals surface area contributed by atoms with Crippen molar-refractivity contribution in [2.45, 2.75) is 24.1 Å². The number of nitrogens with zero attached hydrogens (tertiary/aromatic N) is 4. The van der Waals surface area contributed by atoms with E-state index in [2.05, 4.69) is 16.0 Å². The monoisotopic (exact) mass is 411 g/mol. The van der Waals surface area contributed by atoms with Crippen molar-refractivity contribution in [3.8, 4) is 6.07 Å². The highest BCUT2D eigenvalue weighted by Crippen LogP contribution is 2.36. The van der Waals surface area contributed by atoms with E-state index in [9.17, 15) is 10.1 Å². The number of hydrogen-bond donors (Lipinski definition) is 1. The SMILES string of the molecule is Cc1cc(S[C@@H](C)c2nc3ccccc3c(=O)[nH]2)n2c(nc3ccccc32)c1C#N. The summed E-state index contributed by atoms with van der Waals surface area (Å²) in [6.07, 6.45) is 0. The molecule has 2 aromatic carbocycles. The summed E-state index contributed by atoms with van der Waals surface area (Å²) < 4.78 is 2.02. The van der Waals surface area contributed by atoms with E-state index < -0.39 is 0 Å². The van der Waals surface area contributed by atoms with E-state index in [-0.39, 0.29) is 10.8 Å².